The number of hydrogen-bond acceptors (Lipinski definition) is 5. The maximum Gasteiger partial charge on any atom is 0.276 e. The van der Waals surface area contributed by atoms with E-state index in [1.807, 2.05) is 36.4 Å². The number of nitrogens with zero attached hydrogens (tertiary/aromatic N) is 1. The number of ketones is 1. The first-order chi connectivity index (χ1) is 12.6. The highest BCUT2D eigenvalue weighted by Gasteiger charge is 2.73. The van der Waals surface area contributed by atoms with Crippen molar-refractivity contribution < 1.29 is 14.6 Å². The number of rotatable bonds is 2. The molecule has 5 nitrogen and oxygen atoms in total. The maximum atomic E-state index is 13.1. The van der Waals surface area contributed by atoms with Gasteiger partial charge in [-0.2, -0.15) is 0 Å². The number of ether oxygens (including phenoxy) is 1. The Kier molecular flexibility index (Phi) is 2.80. The van der Waals surface area contributed by atoms with Gasteiger partial charge in [-0.25, -0.2) is 0 Å². The molecule has 3 aromatic rings. The van der Waals surface area contributed by atoms with Crippen molar-refractivity contribution in [2.75, 3.05) is 0 Å². The number of Topliss-reactive ketones (excluding diaryl/α,β-unsaturated/α-hetero) is 1. The van der Waals surface area contributed by atoms with E-state index in [1.165, 1.54) is 0 Å². The molecular weight excluding hydrogens is 330 g/mol. The third kappa shape index (κ3) is 1.52. The van der Waals surface area contributed by atoms with Crippen LogP contribution in [0.5, 0.6) is 5.75 Å². The van der Waals surface area contributed by atoms with Crippen LogP contribution in [-0.4, -0.2) is 10.9 Å². The fourth-order valence-corrected chi connectivity index (χ4v) is 4.03. The van der Waals surface area contributed by atoms with Crippen LogP contribution in [0.4, 0.5) is 0 Å². The lowest BCUT2D eigenvalue weighted by Gasteiger charge is -2.27. The molecule has 0 radical (unpaired) electrons. The summed E-state index contributed by atoms with van der Waals surface area (Å²) in [7, 11) is 0. The Balaban J connectivity index is 1.83. The Morgan fingerprint density at radius 1 is 0.808 bits per heavy atom. The van der Waals surface area contributed by atoms with E-state index < -0.39 is 17.1 Å². The standard InChI is InChI=1S/C21H13NO4/c23-19-15-9-4-5-11-16(15)21(24)20(19,22-25)17-12-6-10-14(18(17)26-21)13-7-2-1-3-8-13/h1-12,24H. The van der Waals surface area contributed by atoms with Crippen LogP contribution in [0.15, 0.2) is 78.0 Å². The van der Waals surface area contributed by atoms with Gasteiger partial charge in [0.25, 0.3) is 11.3 Å². The Bertz CT molecular complexity index is 1080. The Morgan fingerprint density at radius 2 is 1.46 bits per heavy atom. The molecule has 126 valence electrons. The first-order valence-corrected chi connectivity index (χ1v) is 8.22. The second kappa shape index (κ2) is 4.86. The summed E-state index contributed by atoms with van der Waals surface area (Å²) >= 11 is 0. The average molecular weight is 343 g/mol. The summed E-state index contributed by atoms with van der Waals surface area (Å²) in [5.74, 6) is -2.38. The molecule has 2 aliphatic rings. The van der Waals surface area contributed by atoms with E-state index in [1.54, 1.807) is 36.4 Å². The van der Waals surface area contributed by atoms with Gasteiger partial charge >= 0.3 is 0 Å². The average Bonchev–Trinajstić information content (AvgIpc) is 3.06. The molecule has 1 heterocycles. The van der Waals surface area contributed by atoms with Gasteiger partial charge in [0.1, 0.15) is 5.75 Å². The van der Waals surface area contributed by atoms with Gasteiger partial charge in [0.15, 0.2) is 0 Å². The summed E-state index contributed by atoms with van der Waals surface area (Å²) < 4.78 is 5.94. The van der Waals surface area contributed by atoms with E-state index in [4.69, 9.17) is 4.74 Å². The molecule has 0 bridgehead atoms. The Morgan fingerprint density at radius 3 is 2.23 bits per heavy atom. The fraction of sp³-hybridized carbons (Fsp3) is 0.0952. The van der Waals surface area contributed by atoms with Gasteiger partial charge in [0, 0.05) is 22.3 Å². The number of carbonyl (C=O) groups is 1. The molecule has 1 aliphatic heterocycles. The Hall–Kier alpha value is -3.31. The van der Waals surface area contributed by atoms with Crippen LogP contribution in [0.25, 0.3) is 11.1 Å². The molecule has 5 rings (SSSR count). The first-order valence-electron chi connectivity index (χ1n) is 8.22. The van der Waals surface area contributed by atoms with E-state index in [0.29, 0.717) is 11.3 Å². The van der Waals surface area contributed by atoms with E-state index in [0.717, 1.165) is 5.56 Å². The summed E-state index contributed by atoms with van der Waals surface area (Å²) in [4.78, 5) is 25.1. The topological polar surface area (TPSA) is 76.0 Å². The highest BCUT2D eigenvalue weighted by atomic mass is 16.6. The first kappa shape index (κ1) is 15.0. The molecule has 0 saturated carbocycles. The van der Waals surface area contributed by atoms with Crippen LogP contribution < -0.4 is 4.74 Å². The van der Waals surface area contributed by atoms with Crippen LogP contribution >= 0.6 is 0 Å². The molecule has 1 N–H and O–H groups in total. The predicted molar refractivity (Wildman–Crippen MR) is 94.6 cm³/mol. The normalized spacial score (nSPS) is 25.2. The SMILES string of the molecule is O=NC12C(=O)c3ccccc3C1(O)Oc1c(-c3ccccc3)cccc12. The zero-order valence-corrected chi connectivity index (χ0v) is 13.5. The smallest absolute Gasteiger partial charge is 0.276 e. The van der Waals surface area contributed by atoms with E-state index in [-0.39, 0.29) is 16.7 Å². The van der Waals surface area contributed by atoms with Gasteiger partial charge in [0.2, 0.25) is 5.78 Å². The molecule has 0 spiro atoms. The van der Waals surface area contributed by atoms with Crippen molar-refractivity contribution in [1.29, 1.82) is 0 Å². The van der Waals surface area contributed by atoms with Crippen molar-refractivity contribution in [1.82, 2.24) is 0 Å². The lowest BCUT2D eigenvalue weighted by Crippen LogP contribution is -2.47. The summed E-state index contributed by atoms with van der Waals surface area (Å²) in [6.07, 6.45) is 0. The van der Waals surface area contributed by atoms with Crippen LogP contribution in [0.2, 0.25) is 0 Å². The highest BCUT2D eigenvalue weighted by molar-refractivity contribution is 6.11. The molecule has 0 amide bonds. The monoisotopic (exact) mass is 343 g/mol. The molecule has 26 heavy (non-hydrogen) atoms. The quantitative estimate of drug-likeness (QED) is 0.719. The van der Waals surface area contributed by atoms with Crippen molar-refractivity contribution in [2.45, 2.75) is 11.3 Å². The number of hydrogen-bond donors (Lipinski definition) is 1. The molecule has 1 aliphatic carbocycles. The molecule has 0 aromatic heterocycles. The minimum Gasteiger partial charge on any atom is -0.453 e. The second-order valence-electron chi connectivity index (χ2n) is 6.47. The number of carbonyl (C=O) groups excluding carboxylic acids is 1. The fourth-order valence-electron chi connectivity index (χ4n) is 4.03. The van der Waals surface area contributed by atoms with Crippen molar-refractivity contribution in [3.8, 4) is 16.9 Å². The minimum absolute atomic E-state index is 0.255. The van der Waals surface area contributed by atoms with E-state index in [2.05, 4.69) is 5.18 Å². The zero-order chi connectivity index (χ0) is 17.9. The van der Waals surface area contributed by atoms with Gasteiger partial charge in [-0.3, -0.25) is 4.79 Å². The maximum absolute atomic E-state index is 13.1. The molecule has 2 unspecified atom stereocenters. The van der Waals surface area contributed by atoms with Crippen molar-refractivity contribution in [3.63, 3.8) is 0 Å². The number of benzene rings is 3. The van der Waals surface area contributed by atoms with Crippen LogP contribution in [-0.2, 0) is 11.3 Å². The predicted octanol–water partition coefficient (Wildman–Crippen LogP) is 3.75. The summed E-state index contributed by atoms with van der Waals surface area (Å²) in [5, 5.41) is 14.5. The lowest BCUT2D eigenvalue weighted by molar-refractivity contribution is -0.162. The Labute approximate surface area is 148 Å². The molecular formula is C21H13NO4. The van der Waals surface area contributed by atoms with Crippen LogP contribution in [0, 0.1) is 4.91 Å². The van der Waals surface area contributed by atoms with E-state index >= 15 is 0 Å². The molecule has 3 aromatic carbocycles. The van der Waals surface area contributed by atoms with Gasteiger partial charge in [0.05, 0.1) is 0 Å². The lowest BCUT2D eigenvalue weighted by atomic mass is 9.83. The van der Waals surface area contributed by atoms with Gasteiger partial charge in [-0.05, 0) is 10.7 Å². The molecule has 0 saturated heterocycles. The largest absolute Gasteiger partial charge is 0.453 e. The van der Waals surface area contributed by atoms with Crippen molar-refractivity contribution in [3.05, 3.63) is 94.4 Å². The summed E-state index contributed by atoms with van der Waals surface area (Å²) in [5.41, 5.74) is 0.327. The van der Waals surface area contributed by atoms with Gasteiger partial charge < -0.3 is 9.84 Å². The third-order valence-corrected chi connectivity index (χ3v) is 5.23. The molecule has 2 atom stereocenters. The highest BCUT2D eigenvalue weighted by Crippen LogP contribution is 2.61. The number of para-hydroxylation sites is 1. The second-order valence-corrected chi connectivity index (χ2v) is 6.47. The zero-order valence-electron chi connectivity index (χ0n) is 13.5. The number of fused-ring (bicyclic) bond motifs is 5. The number of aliphatic hydroxyl groups is 1. The molecule has 5 heteroatoms. The minimum atomic E-state index is -2.14. The summed E-state index contributed by atoms with van der Waals surface area (Å²) in [6.45, 7) is 0. The van der Waals surface area contributed by atoms with Gasteiger partial charge in [-0.1, -0.05) is 72.8 Å². The summed E-state index contributed by atoms with van der Waals surface area (Å²) in [6, 6.07) is 21.2. The van der Waals surface area contributed by atoms with Gasteiger partial charge in [-0.15, -0.1) is 4.91 Å². The third-order valence-electron chi connectivity index (χ3n) is 5.23. The molecule has 0 fully saturated rings. The van der Waals surface area contributed by atoms with Crippen molar-refractivity contribution >= 4 is 5.78 Å². The van der Waals surface area contributed by atoms with Crippen LogP contribution in [0.1, 0.15) is 21.5 Å². The van der Waals surface area contributed by atoms with Crippen LogP contribution in [0.3, 0.4) is 0 Å². The van der Waals surface area contributed by atoms with Crippen molar-refractivity contribution in [2.24, 2.45) is 5.18 Å². The van der Waals surface area contributed by atoms with E-state index in [9.17, 15) is 14.8 Å². The number of nitroso groups, excluding NO2 is 1.